The van der Waals surface area contributed by atoms with E-state index in [9.17, 15) is 4.79 Å². The molecule has 0 radical (unpaired) electrons. The van der Waals surface area contributed by atoms with Crippen molar-refractivity contribution in [2.75, 3.05) is 6.61 Å². The fraction of sp³-hybridized carbons (Fsp3) is 0.667. The van der Waals surface area contributed by atoms with E-state index < -0.39 is 5.97 Å². The number of carboxylic acids is 1. The molecule has 66 valence electrons. The fourth-order valence-corrected chi connectivity index (χ4v) is 2.21. The van der Waals surface area contributed by atoms with E-state index in [-0.39, 0.29) is 11.8 Å². The molecule has 2 rings (SSSR count). The van der Waals surface area contributed by atoms with Crippen LogP contribution in [-0.2, 0) is 9.53 Å². The van der Waals surface area contributed by atoms with Crippen LogP contribution < -0.4 is 0 Å². The van der Waals surface area contributed by atoms with E-state index in [2.05, 4.69) is 0 Å². The summed E-state index contributed by atoms with van der Waals surface area (Å²) in [6.07, 6.45) is 5.50. The van der Waals surface area contributed by atoms with Crippen LogP contribution in [-0.4, -0.2) is 17.7 Å². The van der Waals surface area contributed by atoms with E-state index >= 15 is 0 Å². The van der Waals surface area contributed by atoms with Crippen molar-refractivity contribution in [2.45, 2.75) is 12.8 Å². The monoisotopic (exact) mass is 168 g/mol. The zero-order valence-corrected chi connectivity index (χ0v) is 6.77. The Balaban J connectivity index is 2.13. The van der Waals surface area contributed by atoms with Gasteiger partial charge in [-0.1, -0.05) is 0 Å². The lowest BCUT2D eigenvalue weighted by Crippen LogP contribution is -2.26. The van der Waals surface area contributed by atoms with Gasteiger partial charge in [0.15, 0.2) is 0 Å². The highest BCUT2D eigenvalue weighted by molar-refractivity contribution is 5.71. The number of aliphatic carboxylic acids is 1. The van der Waals surface area contributed by atoms with Crippen molar-refractivity contribution in [2.24, 2.45) is 17.8 Å². The third kappa shape index (κ3) is 1.09. The van der Waals surface area contributed by atoms with E-state index in [0.717, 1.165) is 12.8 Å². The molecule has 0 spiro atoms. The predicted molar refractivity (Wildman–Crippen MR) is 42.4 cm³/mol. The molecule has 1 aliphatic heterocycles. The molecule has 0 saturated heterocycles. The maximum atomic E-state index is 10.8. The Morgan fingerprint density at radius 2 is 2.33 bits per heavy atom. The second-order valence-electron chi connectivity index (χ2n) is 3.51. The van der Waals surface area contributed by atoms with Crippen LogP contribution in [0.4, 0.5) is 0 Å². The molecule has 0 bridgehead atoms. The highest BCUT2D eigenvalue weighted by atomic mass is 16.5. The molecule has 3 atom stereocenters. The second kappa shape index (κ2) is 2.81. The molecule has 3 unspecified atom stereocenters. The molecule has 3 nitrogen and oxygen atoms in total. The first-order chi connectivity index (χ1) is 5.79. The van der Waals surface area contributed by atoms with Crippen LogP contribution in [0.2, 0.25) is 0 Å². The Kier molecular flexibility index (Phi) is 1.79. The van der Waals surface area contributed by atoms with Crippen LogP contribution in [0.5, 0.6) is 0 Å². The van der Waals surface area contributed by atoms with Crippen LogP contribution in [0.25, 0.3) is 0 Å². The van der Waals surface area contributed by atoms with E-state index in [0.29, 0.717) is 12.5 Å². The van der Waals surface area contributed by atoms with Gasteiger partial charge in [0.05, 0.1) is 18.8 Å². The van der Waals surface area contributed by atoms with Crippen molar-refractivity contribution in [3.8, 4) is 0 Å². The lowest BCUT2D eigenvalue weighted by molar-refractivity contribution is -0.143. The summed E-state index contributed by atoms with van der Waals surface area (Å²) in [4.78, 5) is 10.8. The van der Waals surface area contributed by atoms with Crippen molar-refractivity contribution in [3.05, 3.63) is 12.3 Å². The number of hydrogen-bond acceptors (Lipinski definition) is 2. The predicted octanol–water partition coefficient (Wildman–Crippen LogP) is 1.26. The number of rotatable bonds is 1. The summed E-state index contributed by atoms with van der Waals surface area (Å²) in [5.74, 6) is -0.186. The van der Waals surface area contributed by atoms with E-state index in [1.807, 2.05) is 6.08 Å². The Morgan fingerprint density at radius 1 is 1.50 bits per heavy atom. The molecule has 0 aromatic rings. The Labute approximate surface area is 71.0 Å². The summed E-state index contributed by atoms with van der Waals surface area (Å²) in [5.41, 5.74) is 0. The third-order valence-electron chi connectivity index (χ3n) is 2.91. The van der Waals surface area contributed by atoms with Crippen LogP contribution in [0.15, 0.2) is 12.3 Å². The summed E-state index contributed by atoms with van der Waals surface area (Å²) in [6, 6.07) is 0. The normalized spacial score (nSPS) is 38.8. The zero-order valence-electron chi connectivity index (χ0n) is 6.77. The maximum absolute atomic E-state index is 10.8. The molecule has 2 aliphatic rings. The molecule has 0 aromatic heterocycles. The molecule has 1 fully saturated rings. The van der Waals surface area contributed by atoms with Gasteiger partial charge in [0, 0.05) is 5.92 Å². The second-order valence-corrected chi connectivity index (χ2v) is 3.51. The minimum Gasteiger partial charge on any atom is -0.501 e. The van der Waals surface area contributed by atoms with E-state index in [4.69, 9.17) is 9.84 Å². The molecule has 1 saturated carbocycles. The first kappa shape index (κ1) is 7.65. The summed E-state index contributed by atoms with van der Waals surface area (Å²) >= 11 is 0. The molecule has 1 N–H and O–H groups in total. The summed E-state index contributed by atoms with van der Waals surface area (Å²) < 4.78 is 5.12. The van der Waals surface area contributed by atoms with Gasteiger partial charge in [-0.2, -0.15) is 0 Å². The van der Waals surface area contributed by atoms with Crippen LogP contribution in [0.1, 0.15) is 12.8 Å². The topological polar surface area (TPSA) is 46.5 Å². The number of hydrogen-bond donors (Lipinski definition) is 1. The van der Waals surface area contributed by atoms with Crippen molar-refractivity contribution in [1.29, 1.82) is 0 Å². The average Bonchev–Trinajstić information content (AvgIpc) is 2.47. The minimum absolute atomic E-state index is 0.181. The highest BCUT2D eigenvalue weighted by Gasteiger charge is 2.40. The van der Waals surface area contributed by atoms with Crippen molar-refractivity contribution in [3.63, 3.8) is 0 Å². The molecule has 3 heteroatoms. The molecule has 1 aliphatic carbocycles. The molecule has 0 amide bonds. The third-order valence-corrected chi connectivity index (χ3v) is 2.91. The van der Waals surface area contributed by atoms with Gasteiger partial charge in [-0.15, -0.1) is 0 Å². The van der Waals surface area contributed by atoms with Crippen molar-refractivity contribution in [1.82, 2.24) is 0 Å². The number of fused-ring (bicyclic) bond motifs is 1. The summed E-state index contributed by atoms with van der Waals surface area (Å²) in [6.45, 7) is 0.581. The van der Waals surface area contributed by atoms with Gasteiger partial charge in [0.25, 0.3) is 0 Å². The number of allylic oxidation sites excluding steroid dienone is 1. The van der Waals surface area contributed by atoms with Gasteiger partial charge in [0.2, 0.25) is 0 Å². The maximum Gasteiger partial charge on any atom is 0.306 e. The van der Waals surface area contributed by atoms with Gasteiger partial charge in [0.1, 0.15) is 0 Å². The molecular weight excluding hydrogens is 156 g/mol. The first-order valence-corrected chi connectivity index (χ1v) is 4.30. The van der Waals surface area contributed by atoms with Gasteiger partial charge in [-0.3, -0.25) is 4.79 Å². The van der Waals surface area contributed by atoms with Gasteiger partial charge < -0.3 is 9.84 Å². The lowest BCUT2D eigenvalue weighted by Gasteiger charge is -2.23. The molecular formula is C9H12O3. The Hall–Kier alpha value is -0.990. The van der Waals surface area contributed by atoms with Gasteiger partial charge >= 0.3 is 5.97 Å². The average molecular weight is 168 g/mol. The summed E-state index contributed by atoms with van der Waals surface area (Å²) in [7, 11) is 0. The molecule has 1 heterocycles. The van der Waals surface area contributed by atoms with E-state index in [1.54, 1.807) is 6.26 Å². The van der Waals surface area contributed by atoms with Crippen LogP contribution >= 0.6 is 0 Å². The van der Waals surface area contributed by atoms with E-state index in [1.165, 1.54) is 0 Å². The molecule has 12 heavy (non-hydrogen) atoms. The molecule has 0 aromatic carbocycles. The van der Waals surface area contributed by atoms with Crippen molar-refractivity contribution < 1.29 is 14.6 Å². The zero-order chi connectivity index (χ0) is 8.55. The largest absolute Gasteiger partial charge is 0.501 e. The minimum atomic E-state index is -0.665. The standard InChI is InChI=1S/C9H12O3/c10-9(11)7-2-1-6-3-4-12-5-8(6)7/h3-4,6-8H,1-2,5H2,(H,10,11). The number of carbonyl (C=O) groups is 1. The Bertz CT molecular complexity index is 222. The summed E-state index contributed by atoms with van der Waals surface area (Å²) in [5, 5.41) is 8.87. The number of carboxylic acid groups (broad SMARTS) is 1. The smallest absolute Gasteiger partial charge is 0.306 e. The SMILES string of the molecule is O=C(O)C1CCC2C=COCC21. The quantitative estimate of drug-likeness (QED) is 0.641. The van der Waals surface area contributed by atoms with Crippen molar-refractivity contribution >= 4 is 5.97 Å². The fourth-order valence-electron chi connectivity index (χ4n) is 2.21. The Morgan fingerprint density at radius 3 is 3.08 bits per heavy atom. The van der Waals surface area contributed by atoms with Gasteiger partial charge in [-0.25, -0.2) is 0 Å². The van der Waals surface area contributed by atoms with Crippen LogP contribution in [0, 0.1) is 17.8 Å². The van der Waals surface area contributed by atoms with Crippen LogP contribution in [0.3, 0.4) is 0 Å². The lowest BCUT2D eigenvalue weighted by atomic mass is 9.89. The highest BCUT2D eigenvalue weighted by Crippen LogP contribution is 2.39. The first-order valence-electron chi connectivity index (χ1n) is 4.30. The van der Waals surface area contributed by atoms with Gasteiger partial charge in [-0.05, 0) is 24.8 Å². The number of ether oxygens (including phenoxy) is 1.